The van der Waals surface area contributed by atoms with Crippen LogP contribution in [0.5, 0.6) is 0 Å². The van der Waals surface area contributed by atoms with Gasteiger partial charge < -0.3 is 5.11 Å². The molecule has 0 aromatic rings. The molecule has 0 saturated carbocycles. The minimum Gasteiger partial charge on any atom is -0.381 e. The molecule has 0 spiro atoms. The standard InChI is InChI=1S/C9H16O5S/c1-4-6-14-15(12,13)7-9(3,11)8(10)5-2/h5,11H,2,4,6-7H2,1,3H3. The first-order valence-electron chi connectivity index (χ1n) is 4.51. The maximum absolute atomic E-state index is 11.3. The van der Waals surface area contributed by atoms with Crippen LogP contribution in [0.15, 0.2) is 12.7 Å². The Morgan fingerprint density at radius 3 is 2.53 bits per heavy atom. The third-order valence-corrected chi connectivity index (χ3v) is 3.08. The highest BCUT2D eigenvalue weighted by Crippen LogP contribution is 2.11. The molecule has 0 saturated heterocycles. The first-order chi connectivity index (χ1) is 6.75. The van der Waals surface area contributed by atoms with Crippen molar-refractivity contribution >= 4 is 15.9 Å². The Balaban J connectivity index is 4.57. The zero-order valence-electron chi connectivity index (χ0n) is 8.89. The fraction of sp³-hybridized carbons (Fsp3) is 0.667. The van der Waals surface area contributed by atoms with Gasteiger partial charge in [0.25, 0.3) is 10.1 Å². The Morgan fingerprint density at radius 2 is 2.13 bits per heavy atom. The summed E-state index contributed by atoms with van der Waals surface area (Å²) >= 11 is 0. The minimum atomic E-state index is -3.88. The van der Waals surface area contributed by atoms with Crippen LogP contribution < -0.4 is 0 Å². The van der Waals surface area contributed by atoms with E-state index in [0.29, 0.717) is 6.42 Å². The number of carbonyl (C=O) groups excluding carboxylic acids is 1. The molecule has 0 aliphatic carbocycles. The molecular formula is C9H16O5S. The van der Waals surface area contributed by atoms with Crippen LogP contribution in [-0.2, 0) is 19.1 Å². The quantitative estimate of drug-likeness (QED) is 0.506. The van der Waals surface area contributed by atoms with Gasteiger partial charge in [-0.25, -0.2) is 0 Å². The predicted molar refractivity (Wildman–Crippen MR) is 55.9 cm³/mol. The Labute approximate surface area is 89.9 Å². The number of ketones is 1. The second-order valence-corrected chi connectivity index (χ2v) is 5.01. The van der Waals surface area contributed by atoms with Gasteiger partial charge in [-0.1, -0.05) is 13.5 Å². The van der Waals surface area contributed by atoms with Crippen molar-refractivity contribution < 1.29 is 22.5 Å². The maximum atomic E-state index is 11.3. The van der Waals surface area contributed by atoms with Crippen molar-refractivity contribution in [1.29, 1.82) is 0 Å². The molecule has 0 heterocycles. The van der Waals surface area contributed by atoms with E-state index >= 15 is 0 Å². The molecular weight excluding hydrogens is 220 g/mol. The third kappa shape index (κ3) is 5.06. The van der Waals surface area contributed by atoms with Gasteiger partial charge in [-0.15, -0.1) is 0 Å². The van der Waals surface area contributed by atoms with Gasteiger partial charge in [-0.3, -0.25) is 8.98 Å². The van der Waals surface area contributed by atoms with Crippen LogP contribution in [0, 0.1) is 0 Å². The molecule has 0 aliphatic rings. The van der Waals surface area contributed by atoms with Crippen LogP contribution in [0.4, 0.5) is 0 Å². The predicted octanol–water partition coefficient (Wildman–Crippen LogP) is 0.249. The van der Waals surface area contributed by atoms with Crippen molar-refractivity contribution in [3.63, 3.8) is 0 Å². The van der Waals surface area contributed by atoms with E-state index in [2.05, 4.69) is 10.8 Å². The SMILES string of the molecule is C=CC(=O)C(C)(O)CS(=O)(=O)OCCC. The van der Waals surface area contributed by atoms with E-state index in [9.17, 15) is 18.3 Å². The van der Waals surface area contributed by atoms with Crippen LogP contribution in [0.3, 0.4) is 0 Å². The maximum Gasteiger partial charge on any atom is 0.270 e. The summed E-state index contributed by atoms with van der Waals surface area (Å²) in [5.41, 5.74) is -1.98. The molecule has 15 heavy (non-hydrogen) atoms. The van der Waals surface area contributed by atoms with Gasteiger partial charge >= 0.3 is 0 Å². The van der Waals surface area contributed by atoms with E-state index < -0.39 is 27.3 Å². The third-order valence-electron chi connectivity index (χ3n) is 1.64. The summed E-state index contributed by atoms with van der Waals surface area (Å²) < 4.78 is 27.0. The molecule has 0 rings (SSSR count). The molecule has 0 radical (unpaired) electrons. The number of aliphatic hydroxyl groups is 1. The van der Waals surface area contributed by atoms with E-state index in [0.717, 1.165) is 13.0 Å². The van der Waals surface area contributed by atoms with E-state index in [-0.39, 0.29) is 6.61 Å². The molecule has 0 aromatic heterocycles. The van der Waals surface area contributed by atoms with Gasteiger partial charge in [-0.05, 0) is 19.4 Å². The van der Waals surface area contributed by atoms with Crippen LogP contribution >= 0.6 is 0 Å². The van der Waals surface area contributed by atoms with Crippen LogP contribution in [-0.4, -0.2) is 37.3 Å². The van der Waals surface area contributed by atoms with Crippen molar-refractivity contribution in [2.45, 2.75) is 25.9 Å². The Morgan fingerprint density at radius 1 is 1.60 bits per heavy atom. The normalized spacial score (nSPS) is 15.7. The molecule has 6 heteroatoms. The van der Waals surface area contributed by atoms with Crippen LogP contribution in [0.2, 0.25) is 0 Å². The van der Waals surface area contributed by atoms with Crippen LogP contribution in [0.25, 0.3) is 0 Å². The monoisotopic (exact) mass is 236 g/mol. The van der Waals surface area contributed by atoms with Gasteiger partial charge in [0.15, 0.2) is 5.78 Å². The minimum absolute atomic E-state index is 0.0424. The summed E-state index contributed by atoms with van der Waals surface area (Å²) in [7, 11) is -3.88. The van der Waals surface area contributed by atoms with Crippen molar-refractivity contribution in [3.8, 4) is 0 Å². The lowest BCUT2D eigenvalue weighted by Crippen LogP contribution is -2.41. The lowest BCUT2D eigenvalue weighted by atomic mass is 10.0. The molecule has 1 atom stereocenters. The van der Waals surface area contributed by atoms with Gasteiger partial charge in [0.1, 0.15) is 11.4 Å². The Bertz CT molecular complexity index is 328. The molecule has 1 unspecified atom stereocenters. The molecule has 1 N–H and O–H groups in total. The van der Waals surface area contributed by atoms with E-state index in [4.69, 9.17) is 0 Å². The first-order valence-corrected chi connectivity index (χ1v) is 6.09. The van der Waals surface area contributed by atoms with Crippen molar-refractivity contribution in [3.05, 3.63) is 12.7 Å². The van der Waals surface area contributed by atoms with Crippen molar-refractivity contribution in [2.24, 2.45) is 0 Å². The highest BCUT2D eigenvalue weighted by atomic mass is 32.2. The zero-order valence-corrected chi connectivity index (χ0v) is 9.71. The summed E-state index contributed by atoms with van der Waals surface area (Å²) in [4.78, 5) is 11.1. The molecule has 88 valence electrons. The van der Waals surface area contributed by atoms with Crippen LogP contribution in [0.1, 0.15) is 20.3 Å². The summed E-state index contributed by atoms with van der Waals surface area (Å²) in [6, 6.07) is 0. The number of carbonyl (C=O) groups is 1. The Kier molecular flexibility index (Phi) is 5.13. The highest BCUT2D eigenvalue weighted by Gasteiger charge is 2.34. The topological polar surface area (TPSA) is 80.7 Å². The summed E-state index contributed by atoms with van der Waals surface area (Å²) in [6.45, 7) is 6.08. The lowest BCUT2D eigenvalue weighted by Gasteiger charge is -2.19. The lowest BCUT2D eigenvalue weighted by molar-refractivity contribution is -0.128. The van der Waals surface area contributed by atoms with E-state index in [1.807, 2.05) is 0 Å². The largest absolute Gasteiger partial charge is 0.381 e. The second kappa shape index (κ2) is 5.39. The van der Waals surface area contributed by atoms with Gasteiger partial charge in [0, 0.05) is 0 Å². The molecule has 0 aromatic carbocycles. The second-order valence-electron chi connectivity index (χ2n) is 3.37. The fourth-order valence-corrected chi connectivity index (χ4v) is 2.22. The number of hydrogen-bond acceptors (Lipinski definition) is 5. The number of hydrogen-bond donors (Lipinski definition) is 1. The summed E-state index contributed by atoms with van der Waals surface area (Å²) in [5, 5.41) is 9.54. The Hall–Kier alpha value is -0.720. The average molecular weight is 236 g/mol. The van der Waals surface area contributed by atoms with Gasteiger partial charge in [0.05, 0.1) is 6.61 Å². The smallest absolute Gasteiger partial charge is 0.270 e. The zero-order chi connectivity index (χ0) is 12.1. The first kappa shape index (κ1) is 14.3. The summed E-state index contributed by atoms with van der Waals surface area (Å²) in [6.07, 6.45) is 1.42. The van der Waals surface area contributed by atoms with Crippen molar-refractivity contribution in [2.75, 3.05) is 12.4 Å². The molecule has 0 aliphatic heterocycles. The average Bonchev–Trinajstić information content (AvgIpc) is 2.11. The van der Waals surface area contributed by atoms with Gasteiger partial charge in [0.2, 0.25) is 0 Å². The fourth-order valence-electron chi connectivity index (χ4n) is 0.887. The van der Waals surface area contributed by atoms with E-state index in [1.54, 1.807) is 6.92 Å². The molecule has 0 bridgehead atoms. The van der Waals surface area contributed by atoms with E-state index in [1.165, 1.54) is 0 Å². The molecule has 0 fully saturated rings. The number of rotatable bonds is 7. The highest BCUT2D eigenvalue weighted by molar-refractivity contribution is 7.86. The molecule has 0 amide bonds. The van der Waals surface area contributed by atoms with Crippen molar-refractivity contribution in [1.82, 2.24) is 0 Å². The van der Waals surface area contributed by atoms with Gasteiger partial charge in [-0.2, -0.15) is 8.42 Å². The molecule has 5 nitrogen and oxygen atoms in total. The summed E-state index contributed by atoms with van der Waals surface area (Å²) in [5.74, 6) is -1.50.